The van der Waals surface area contributed by atoms with E-state index in [0.29, 0.717) is 0 Å². The van der Waals surface area contributed by atoms with Gasteiger partial charge in [0.2, 0.25) is 0 Å². The van der Waals surface area contributed by atoms with E-state index < -0.39 is 31.9 Å². The SMILES string of the molecule is CC1=C[N-]c2c3c(ccc2=C1C)=C(C)C(C)=C[N-]3.O=C(O)C(F)(F)F.c1cc[c]([Sn]([c]2ccccc2)[c]2ccccc2)cc1. The summed E-state index contributed by atoms with van der Waals surface area (Å²) >= 11 is -1.98. The van der Waals surface area contributed by atoms with Crippen LogP contribution in [0.2, 0.25) is 0 Å². The molecule has 8 heteroatoms. The van der Waals surface area contributed by atoms with E-state index in [4.69, 9.17) is 9.90 Å². The molecule has 44 heavy (non-hydrogen) atoms. The Morgan fingerprint density at radius 2 is 0.886 bits per heavy atom. The first-order valence-electron chi connectivity index (χ1n) is 13.9. The van der Waals surface area contributed by atoms with E-state index in [-0.39, 0.29) is 0 Å². The summed E-state index contributed by atoms with van der Waals surface area (Å²) in [5.41, 5.74) is 7.07. The third-order valence-corrected chi connectivity index (χ3v) is 15.1. The molecular weight excluding hydrogens is 668 g/mol. The molecule has 4 nitrogen and oxygen atoms in total. The maximum atomic E-state index is 10.6. The van der Waals surface area contributed by atoms with Crippen molar-refractivity contribution in [2.75, 3.05) is 0 Å². The van der Waals surface area contributed by atoms with Crippen molar-refractivity contribution >= 4 is 59.0 Å². The summed E-state index contributed by atoms with van der Waals surface area (Å²) in [5.74, 6) is -2.76. The number of halogens is 3. The van der Waals surface area contributed by atoms with Crippen LogP contribution in [0, 0.1) is 0 Å². The van der Waals surface area contributed by atoms with Gasteiger partial charge in [-0.05, 0) is 49.3 Å². The van der Waals surface area contributed by atoms with Gasteiger partial charge in [0.1, 0.15) is 0 Å². The molecule has 0 aromatic heterocycles. The summed E-state index contributed by atoms with van der Waals surface area (Å²) in [6.07, 6.45) is -1.21. The monoisotopic (exact) mass is 701 g/mol. The topological polar surface area (TPSA) is 65.5 Å². The molecule has 4 aromatic carbocycles. The molecule has 1 radical (unpaired) electrons. The predicted octanol–water partition coefficient (Wildman–Crippen LogP) is 6.71. The van der Waals surface area contributed by atoms with E-state index >= 15 is 0 Å². The summed E-state index contributed by atoms with van der Waals surface area (Å²) < 4.78 is 36.3. The number of aliphatic carboxylic acids is 1. The van der Waals surface area contributed by atoms with Gasteiger partial charge in [-0.25, -0.2) is 4.79 Å². The van der Waals surface area contributed by atoms with Crippen molar-refractivity contribution < 1.29 is 23.1 Å². The van der Waals surface area contributed by atoms with Crippen molar-refractivity contribution in [3.05, 3.63) is 148 Å². The second kappa shape index (κ2) is 14.5. The molecule has 0 fully saturated rings. The maximum absolute atomic E-state index is 10.6. The summed E-state index contributed by atoms with van der Waals surface area (Å²) in [4.78, 5) is 8.90. The Bertz CT molecular complexity index is 1640. The van der Waals surface area contributed by atoms with E-state index in [1.807, 2.05) is 12.4 Å². The van der Waals surface area contributed by atoms with E-state index in [0.717, 1.165) is 11.4 Å². The van der Waals surface area contributed by atoms with Crippen LogP contribution in [0.25, 0.3) is 21.8 Å². The quantitative estimate of drug-likeness (QED) is 0.242. The number of carboxylic acid groups (broad SMARTS) is 1. The Kier molecular flexibility index (Phi) is 10.8. The minimum absolute atomic E-state index is 1.01. The van der Waals surface area contributed by atoms with Crippen LogP contribution in [0.1, 0.15) is 27.7 Å². The van der Waals surface area contributed by atoms with Gasteiger partial charge in [-0.3, -0.25) is 0 Å². The third kappa shape index (κ3) is 7.82. The number of allylic oxidation sites excluding steroid dienone is 2. The molecule has 0 aliphatic carbocycles. The van der Waals surface area contributed by atoms with Crippen LogP contribution < -0.4 is 21.2 Å². The van der Waals surface area contributed by atoms with E-state index in [1.165, 1.54) is 43.5 Å². The van der Waals surface area contributed by atoms with Crippen molar-refractivity contribution in [3.8, 4) is 0 Å². The van der Waals surface area contributed by atoms with E-state index in [2.05, 4.69) is 141 Å². The number of rotatable bonds is 3. The second-order valence-electron chi connectivity index (χ2n) is 10.3. The van der Waals surface area contributed by atoms with Gasteiger partial charge in [-0.15, -0.1) is 11.4 Å². The number of alkyl halides is 3. The number of carboxylic acids is 1. The molecule has 0 bridgehead atoms. The third-order valence-electron chi connectivity index (χ3n) is 7.35. The van der Waals surface area contributed by atoms with Crippen LogP contribution in [-0.2, 0) is 4.79 Å². The molecule has 6 rings (SSSR count). The molecule has 0 saturated carbocycles. The van der Waals surface area contributed by atoms with Crippen LogP contribution in [0.5, 0.6) is 0 Å². The Balaban J connectivity index is 0.000000167. The second-order valence-corrected chi connectivity index (χ2v) is 17.4. The van der Waals surface area contributed by atoms with Crippen molar-refractivity contribution in [1.82, 2.24) is 0 Å². The zero-order chi connectivity index (χ0) is 31.9. The first-order chi connectivity index (χ1) is 21.0. The molecule has 2 heterocycles. The number of benzene rings is 4. The van der Waals surface area contributed by atoms with Crippen LogP contribution in [0.4, 0.5) is 24.5 Å². The van der Waals surface area contributed by atoms with Crippen molar-refractivity contribution in [3.63, 3.8) is 0 Å². The molecule has 0 unspecified atom stereocenters. The molecular formula is C36H32F3N2O2Sn-2. The number of fused-ring (bicyclic) bond motifs is 3. The number of nitrogens with zero attached hydrogens (tertiary/aromatic N) is 2. The Labute approximate surface area is 262 Å². The standard InChI is InChI=1S/C16H16N2.3C6H5.C2HF3O2.Sn/c1-9-7-17-15-13(11(9)3)5-6-14-12(4)10(2)8-18-16(14)15;3*1-2-4-6-5-3-1;3-2(4,5)1(6)7;/h5-8H,1-4H3;3*1-5H;(H,6,7);/q-2;;;;;. The zero-order valence-corrected chi connectivity index (χ0v) is 27.7. The zero-order valence-electron chi connectivity index (χ0n) is 24.9. The van der Waals surface area contributed by atoms with Crippen molar-refractivity contribution in [2.24, 2.45) is 0 Å². The average molecular weight is 700 g/mol. The number of hydrogen-bond donors (Lipinski definition) is 1. The fourth-order valence-electron chi connectivity index (χ4n) is 4.70. The van der Waals surface area contributed by atoms with Gasteiger partial charge in [-0.1, -0.05) is 23.3 Å². The first-order valence-corrected chi connectivity index (χ1v) is 18.2. The van der Waals surface area contributed by atoms with Gasteiger partial charge in [0, 0.05) is 0 Å². The molecule has 0 saturated heterocycles. The van der Waals surface area contributed by atoms with Gasteiger partial charge in [0.15, 0.2) is 0 Å². The fraction of sp³-hybridized carbons (Fsp3) is 0.139. The molecule has 4 aromatic rings. The minimum atomic E-state index is -5.08. The molecule has 0 atom stereocenters. The van der Waals surface area contributed by atoms with Crippen molar-refractivity contribution in [2.45, 2.75) is 33.9 Å². The van der Waals surface area contributed by atoms with Gasteiger partial charge in [0.05, 0.1) is 0 Å². The van der Waals surface area contributed by atoms with Gasteiger partial charge in [0.25, 0.3) is 0 Å². The van der Waals surface area contributed by atoms with Crippen LogP contribution >= 0.6 is 0 Å². The summed E-state index contributed by atoms with van der Waals surface area (Å²) in [6, 6.07) is 37.3. The Morgan fingerprint density at radius 3 is 1.16 bits per heavy atom. The van der Waals surface area contributed by atoms with Gasteiger partial charge >= 0.3 is 134 Å². The molecule has 0 spiro atoms. The fourth-order valence-corrected chi connectivity index (χ4v) is 12.1. The van der Waals surface area contributed by atoms with Gasteiger partial charge in [-0.2, -0.15) is 25.6 Å². The van der Waals surface area contributed by atoms with Crippen LogP contribution in [0.3, 0.4) is 0 Å². The number of hydrogen-bond acceptors (Lipinski definition) is 1. The molecule has 1 N–H and O–H groups in total. The molecule has 2 aliphatic rings. The van der Waals surface area contributed by atoms with Crippen LogP contribution in [0.15, 0.2) is 127 Å². The van der Waals surface area contributed by atoms with Crippen molar-refractivity contribution in [1.29, 1.82) is 0 Å². The van der Waals surface area contributed by atoms with E-state index in [1.54, 1.807) is 0 Å². The molecule has 0 amide bonds. The van der Waals surface area contributed by atoms with Gasteiger partial charge < -0.3 is 15.7 Å². The molecule has 225 valence electrons. The summed E-state index contributed by atoms with van der Waals surface area (Å²) in [5, 5.41) is 18.7. The Hall–Kier alpha value is -4.24. The first kappa shape index (κ1) is 32.7. The number of carbonyl (C=O) groups is 1. The normalized spacial score (nSPS) is 13.4. The molecule has 2 aliphatic heterocycles. The van der Waals surface area contributed by atoms with E-state index in [9.17, 15) is 13.2 Å². The summed E-state index contributed by atoms with van der Waals surface area (Å²) in [6.45, 7) is 8.48. The summed E-state index contributed by atoms with van der Waals surface area (Å²) in [7, 11) is 0. The average Bonchev–Trinajstić information content (AvgIpc) is 3.02. The Morgan fingerprint density at radius 1 is 0.591 bits per heavy atom. The predicted molar refractivity (Wildman–Crippen MR) is 175 cm³/mol. The van der Waals surface area contributed by atoms with Crippen LogP contribution in [-0.4, -0.2) is 37.0 Å².